The van der Waals surface area contributed by atoms with Crippen LogP contribution in [0.15, 0.2) is 42.5 Å². The summed E-state index contributed by atoms with van der Waals surface area (Å²) in [4.78, 5) is 23.4. The van der Waals surface area contributed by atoms with E-state index in [4.69, 9.17) is 14.2 Å². The molecule has 1 aliphatic heterocycles. The fourth-order valence-electron chi connectivity index (χ4n) is 2.60. The lowest BCUT2D eigenvalue weighted by Crippen LogP contribution is -2.37. The van der Waals surface area contributed by atoms with Crippen LogP contribution in [0.5, 0.6) is 17.2 Å². The van der Waals surface area contributed by atoms with Crippen molar-refractivity contribution in [1.29, 1.82) is 0 Å². The van der Waals surface area contributed by atoms with Gasteiger partial charge in [0.2, 0.25) is 6.79 Å². The summed E-state index contributed by atoms with van der Waals surface area (Å²) < 4.78 is 16.2. The van der Waals surface area contributed by atoms with Gasteiger partial charge in [-0.2, -0.15) is 0 Å². The Balaban J connectivity index is 1.46. The number of fused-ring (bicyclic) bond motifs is 1. The molecule has 1 amide bonds. The van der Waals surface area contributed by atoms with E-state index >= 15 is 0 Å². The third-order valence-electron chi connectivity index (χ3n) is 4.09. The topological polar surface area (TPSA) is 73.9 Å². The van der Waals surface area contributed by atoms with E-state index in [0.717, 1.165) is 17.1 Å². The molecule has 0 saturated heterocycles. The molecule has 26 heavy (non-hydrogen) atoms. The molecule has 2 aromatic carbocycles. The smallest absolute Gasteiger partial charge is 0.260 e. The predicted molar refractivity (Wildman–Crippen MR) is 95.8 cm³/mol. The van der Waals surface area contributed by atoms with Gasteiger partial charge in [0.15, 0.2) is 23.4 Å². The van der Waals surface area contributed by atoms with Crippen LogP contribution in [0.1, 0.15) is 29.8 Å². The molecule has 0 unspecified atom stereocenters. The van der Waals surface area contributed by atoms with Crippen LogP contribution in [-0.2, 0) is 11.2 Å². The van der Waals surface area contributed by atoms with E-state index in [0.29, 0.717) is 24.3 Å². The molecule has 3 rings (SSSR count). The molecular weight excluding hydrogens is 334 g/mol. The molecule has 0 radical (unpaired) electrons. The maximum absolute atomic E-state index is 12.2. The van der Waals surface area contributed by atoms with Crippen molar-refractivity contribution in [3.8, 4) is 17.2 Å². The van der Waals surface area contributed by atoms with Crippen molar-refractivity contribution in [1.82, 2.24) is 5.32 Å². The molecule has 6 nitrogen and oxygen atoms in total. The molecule has 1 atom stereocenters. The van der Waals surface area contributed by atoms with E-state index < -0.39 is 6.10 Å². The Bertz CT molecular complexity index is 800. The van der Waals surface area contributed by atoms with Crippen molar-refractivity contribution in [3.05, 3.63) is 53.6 Å². The van der Waals surface area contributed by atoms with Crippen LogP contribution in [-0.4, -0.2) is 31.1 Å². The van der Waals surface area contributed by atoms with Crippen LogP contribution in [0.4, 0.5) is 0 Å². The molecular formula is C20H21NO5. The highest BCUT2D eigenvalue weighted by Crippen LogP contribution is 2.32. The van der Waals surface area contributed by atoms with Crippen molar-refractivity contribution < 1.29 is 23.8 Å². The average molecular weight is 355 g/mol. The fourth-order valence-corrected chi connectivity index (χ4v) is 2.60. The first kappa shape index (κ1) is 17.8. The summed E-state index contributed by atoms with van der Waals surface area (Å²) in [5.74, 6) is 1.83. The SMILES string of the molecule is CC(=O)c1ccc(O[C@H](C)C(=O)NCCc2ccc3c(c2)OCO3)cc1. The molecule has 0 saturated carbocycles. The highest BCUT2D eigenvalue weighted by atomic mass is 16.7. The van der Waals surface area contributed by atoms with E-state index in [1.165, 1.54) is 6.92 Å². The number of hydrogen-bond donors (Lipinski definition) is 1. The van der Waals surface area contributed by atoms with Gasteiger partial charge >= 0.3 is 0 Å². The van der Waals surface area contributed by atoms with Gasteiger partial charge in [0.1, 0.15) is 5.75 Å². The number of ether oxygens (including phenoxy) is 3. The zero-order valence-electron chi connectivity index (χ0n) is 14.8. The maximum atomic E-state index is 12.2. The number of amides is 1. The van der Waals surface area contributed by atoms with Crippen LogP contribution in [0.25, 0.3) is 0 Å². The van der Waals surface area contributed by atoms with Gasteiger partial charge in [-0.05, 0) is 62.2 Å². The average Bonchev–Trinajstić information content (AvgIpc) is 3.09. The molecule has 0 aliphatic carbocycles. The number of ketones is 1. The van der Waals surface area contributed by atoms with E-state index in [9.17, 15) is 9.59 Å². The van der Waals surface area contributed by atoms with Gasteiger partial charge in [0, 0.05) is 12.1 Å². The number of nitrogens with one attached hydrogen (secondary N) is 1. The second kappa shape index (κ2) is 7.91. The molecule has 2 aromatic rings. The lowest BCUT2D eigenvalue weighted by atomic mass is 10.1. The van der Waals surface area contributed by atoms with E-state index in [-0.39, 0.29) is 18.5 Å². The Labute approximate surface area is 152 Å². The normalized spacial score (nSPS) is 13.2. The highest BCUT2D eigenvalue weighted by molar-refractivity contribution is 5.94. The molecule has 0 bridgehead atoms. The summed E-state index contributed by atoms with van der Waals surface area (Å²) in [6, 6.07) is 12.5. The van der Waals surface area contributed by atoms with Crippen LogP contribution >= 0.6 is 0 Å². The minimum atomic E-state index is -0.630. The van der Waals surface area contributed by atoms with Crippen LogP contribution in [0, 0.1) is 0 Å². The summed E-state index contributed by atoms with van der Waals surface area (Å²) in [6.45, 7) is 3.94. The third kappa shape index (κ3) is 4.33. The van der Waals surface area contributed by atoms with Gasteiger partial charge in [0.25, 0.3) is 5.91 Å². The van der Waals surface area contributed by atoms with E-state index in [1.807, 2.05) is 18.2 Å². The Hall–Kier alpha value is -3.02. The Morgan fingerprint density at radius 3 is 2.58 bits per heavy atom. The highest BCUT2D eigenvalue weighted by Gasteiger charge is 2.15. The Kier molecular flexibility index (Phi) is 5.41. The predicted octanol–water partition coefficient (Wildman–Crippen LogP) is 2.74. The van der Waals surface area contributed by atoms with Crippen LogP contribution in [0.3, 0.4) is 0 Å². The summed E-state index contributed by atoms with van der Waals surface area (Å²) in [5, 5.41) is 2.86. The molecule has 0 spiro atoms. The first-order valence-corrected chi connectivity index (χ1v) is 8.47. The lowest BCUT2D eigenvalue weighted by molar-refractivity contribution is -0.127. The number of benzene rings is 2. The minimum absolute atomic E-state index is 0.00846. The lowest BCUT2D eigenvalue weighted by Gasteiger charge is -2.15. The van der Waals surface area contributed by atoms with Gasteiger partial charge in [0.05, 0.1) is 0 Å². The molecule has 136 valence electrons. The molecule has 0 aromatic heterocycles. The Morgan fingerprint density at radius 2 is 1.85 bits per heavy atom. The number of Topliss-reactive ketones (excluding diaryl/α,β-unsaturated/α-hetero) is 1. The summed E-state index contributed by atoms with van der Waals surface area (Å²) in [5.41, 5.74) is 1.67. The van der Waals surface area contributed by atoms with Crippen molar-refractivity contribution in [2.45, 2.75) is 26.4 Å². The summed E-state index contributed by atoms with van der Waals surface area (Å²) in [6.07, 6.45) is 0.0533. The number of carbonyl (C=O) groups excluding carboxylic acids is 2. The van der Waals surface area contributed by atoms with Crippen molar-refractivity contribution >= 4 is 11.7 Å². The third-order valence-corrected chi connectivity index (χ3v) is 4.09. The zero-order chi connectivity index (χ0) is 18.5. The van der Waals surface area contributed by atoms with Gasteiger partial charge in [-0.3, -0.25) is 9.59 Å². The first-order chi connectivity index (χ1) is 12.5. The van der Waals surface area contributed by atoms with Gasteiger partial charge in [-0.25, -0.2) is 0 Å². The van der Waals surface area contributed by atoms with Crippen molar-refractivity contribution in [2.24, 2.45) is 0 Å². The quantitative estimate of drug-likeness (QED) is 0.773. The molecule has 6 heteroatoms. The Morgan fingerprint density at radius 1 is 1.12 bits per heavy atom. The standard InChI is InChI=1S/C20H21NO5/c1-13(22)16-4-6-17(7-5-16)26-14(2)20(23)21-10-9-15-3-8-18-19(11-15)25-12-24-18/h3-8,11,14H,9-10,12H2,1-2H3,(H,21,23)/t14-/m1/s1. The zero-order valence-corrected chi connectivity index (χ0v) is 14.8. The number of hydrogen-bond acceptors (Lipinski definition) is 5. The minimum Gasteiger partial charge on any atom is -0.481 e. The van der Waals surface area contributed by atoms with Gasteiger partial charge in [-0.1, -0.05) is 6.07 Å². The molecule has 1 aliphatic rings. The fraction of sp³-hybridized carbons (Fsp3) is 0.300. The van der Waals surface area contributed by atoms with E-state index in [2.05, 4.69) is 5.32 Å². The van der Waals surface area contributed by atoms with E-state index in [1.54, 1.807) is 31.2 Å². The first-order valence-electron chi connectivity index (χ1n) is 8.47. The second-order valence-electron chi connectivity index (χ2n) is 6.07. The molecule has 1 N–H and O–H groups in total. The van der Waals surface area contributed by atoms with Crippen molar-refractivity contribution in [2.75, 3.05) is 13.3 Å². The van der Waals surface area contributed by atoms with Crippen molar-refractivity contribution in [3.63, 3.8) is 0 Å². The second-order valence-corrected chi connectivity index (χ2v) is 6.07. The summed E-state index contributed by atoms with van der Waals surface area (Å²) in [7, 11) is 0. The van der Waals surface area contributed by atoms with Crippen LogP contribution < -0.4 is 19.5 Å². The number of rotatable bonds is 7. The maximum Gasteiger partial charge on any atom is 0.260 e. The largest absolute Gasteiger partial charge is 0.481 e. The molecule has 1 heterocycles. The molecule has 0 fully saturated rings. The van der Waals surface area contributed by atoms with Gasteiger partial charge < -0.3 is 19.5 Å². The summed E-state index contributed by atoms with van der Waals surface area (Å²) >= 11 is 0. The van der Waals surface area contributed by atoms with Gasteiger partial charge in [-0.15, -0.1) is 0 Å². The number of carbonyl (C=O) groups is 2. The van der Waals surface area contributed by atoms with Crippen LogP contribution in [0.2, 0.25) is 0 Å². The monoisotopic (exact) mass is 355 g/mol.